The molecule has 0 saturated heterocycles. The van der Waals surface area contributed by atoms with Gasteiger partial charge in [-0.2, -0.15) is 0 Å². The minimum atomic E-state index is -1.07. The first kappa shape index (κ1) is 14.7. The van der Waals surface area contributed by atoms with E-state index in [0.717, 1.165) is 5.39 Å². The summed E-state index contributed by atoms with van der Waals surface area (Å²) in [5, 5.41) is 13.1. The maximum absolute atomic E-state index is 11.3. The Morgan fingerprint density at radius 2 is 2.15 bits per heavy atom. The average Bonchev–Trinajstić information content (AvgIpc) is 2.82. The lowest BCUT2D eigenvalue weighted by atomic mass is 10.1. The molecule has 1 aromatic heterocycles. The van der Waals surface area contributed by atoms with Crippen molar-refractivity contribution >= 4 is 27.7 Å². The van der Waals surface area contributed by atoms with Gasteiger partial charge in [0.2, 0.25) is 5.76 Å². The van der Waals surface area contributed by atoms with Gasteiger partial charge in [0.05, 0.1) is 0 Å². The van der Waals surface area contributed by atoms with Crippen molar-refractivity contribution in [3.8, 4) is 0 Å². The molecule has 0 saturated carbocycles. The number of furan rings is 1. The fourth-order valence-electron chi connectivity index (χ4n) is 1.99. The molecule has 1 atom stereocenters. The molecule has 0 bridgehead atoms. The van der Waals surface area contributed by atoms with Gasteiger partial charge in [-0.15, -0.1) is 0 Å². The Labute approximate surface area is 119 Å². The molecule has 20 heavy (non-hydrogen) atoms. The van der Waals surface area contributed by atoms with Gasteiger partial charge in [-0.3, -0.25) is 4.21 Å². The first-order valence-electron chi connectivity index (χ1n) is 6.43. The average molecular weight is 295 g/mol. The van der Waals surface area contributed by atoms with Crippen molar-refractivity contribution in [1.82, 2.24) is 5.32 Å². The van der Waals surface area contributed by atoms with Gasteiger partial charge in [0.15, 0.2) is 0 Å². The van der Waals surface area contributed by atoms with Gasteiger partial charge >= 0.3 is 5.97 Å². The lowest BCUT2D eigenvalue weighted by Crippen LogP contribution is -2.21. The Balaban J connectivity index is 2.13. The van der Waals surface area contributed by atoms with Crippen LogP contribution in [0.25, 0.3) is 11.0 Å². The molecule has 1 heterocycles. The first-order valence-corrected chi connectivity index (χ1v) is 7.91. The fourth-order valence-corrected chi connectivity index (χ4v) is 2.65. The van der Waals surface area contributed by atoms with Gasteiger partial charge in [-0.1, -0.05) is 25.1 Å². The lowest BCUT2D eigenvalue weighted by Gasteiger charge is -2.04. The molecular weight excluding hydrogens is 278 g/mol. The monoisotopic (exact) mass is 295 g/mol. The number of benzene rings is 1. The number of hydrogen-bond donors (Lipinski definition) is 2. The maximum atomic E-state index is 11.3. The normalized spacial score (nSPS) is 12.7. The van der Waals surface area contributed by atoms with Crippen LogP contribution in [0.3, 0.4) is 0 Å². The van der Waals surface area contributed by atoms with E-state index in [2.05, 4.69) is 5.32 Å². The van der Waals surface area contributed by atoms with Crippen LogP contribution in [-0.2, 0) is 17.3 Å². The predicted molar refractivity (Wildman–Crippen MR) is 78.4 cm³/mol. The SMILES string of the molecule is CCS(=O)CCNCc1c(C(=O)O)oc2ccccc12. The van der Waals surface area contributed by atoms with Crippen molar-refractivity contribution in [3.63, 3.8) is 0 Å². The summed E-state index contributed by atoms with van der Waals surface area (Å²) >= 11 is 0. The smallest absolute Gasteiger partial charge is 0.372 e. The zero-order chi connectivity index (χ0) is 14.5. The second-order valence-corrected chi connectivity index (χ2v) is 6.19. The van der Waals surface area contributed by atoms with E-state index in [1.165, 1.54) is 0 Å². The van der Waals surface area contributed by atoms with Crippen LogP contribution >= 0.6 is 0 Å². The number of para-hydroxylation sites is 1. The number of carboxylic acid groups (broad SMARTS) is 1. The molecule has 108 valence electrons. The van der Waals surface area contributed by atoms with Crippen LogP contribution in [0.15, 0.2) is 28.7 Å². The summed E-state index contributed by atoms with van der Waals surface area (Å²) in [6.45, 7) is 2.85. The number of nitrogens with one attached hydrogen (secondary N) is 1. The Morgan fingerprint density at radius 1 is 1.40 bits per heavy atom. The third-order valence-corrected chi connectivity index (χ3v) is 4.33. The van der Waals surface area contributed by atoms with Crippen LogP contribution in [0.2, 0.25) is 0 Å². The van der Waals surface area contributed by atoms with E-state index in [4.69, 9.17) is 4.42 Å². The Bertz CT molecular complexity index is 635. The van der Waals surface area contributed by atoms with Gasteiger partial charge in [0, 0.05) is 46.3 Å². The third kappa shape index (κ3) is 3.26. The summed E-state index contributed by atoms with van der Waals surface area (Å²) in [4.78, 5) is 11.2. The molecule has 2 aromatic rings. The minimum absolute atomic E-state index is 0.0321. The van der Waals surface area contributed by atoms with E-state index in [-0.39, 0.29) is 5.76 Å². The van der Waals surface area contributed by atoms with E-state index in [1.807, 2.05) is 19.1 Å². The highest BCUT2D eigenvalue weighted by Crippen LogP contribution is 2.25. The van der Waals surface area contributed by atoms with Crippen LogP contribution < -0.4 is 5.32 Å². The second-order valence-electron chi connectivity index (χ2n) is 4.32. The molecule has 1 aromatic carbocycles. The molecule has 0 fully saturated rings. The molecule has 0 amide bonds. The van der Waals surface area contributed by atoms with Crippen molar-refractivity contribution < 1.29 is 18.5 Å². The molecule has 0 spiro atoms. The van der Waals surface area contributed by atoms with Crippen molar-refractivity contribution in [2.75, 3.05) is 18.1 Å². The molecule has 5 nitrogen and oxygen atoms in total. The Kier molecular flexibility index (Phi) is 4.92. The second kappa shape index (κ2) is 6.67. The van der Waals surface area contributed by atoms with Gasteiger partial charge in [-0.25, -0.2) is 4.79 Å². The van der Waals surface area contributed by atoms with Gasteiger partial charge in [0.25, 0.3) is 0 Å². The fraction of sp³-hybridized carbons (Fsp3) is 0.357. The molecule has 6 heteroatoms. The number of aromatic carboxylic acids is 1. The van der Waals surface area contributed by atoms with E-state index < -0.39 is 16.8 Å². The largest absolute Gasteiger partial charge is 0.475 e. The van der Waals surface area contributed by atoms with E-state index >= 15 is 0 Å². The Morgan fingerprint density at radius 3 is 2.85 bits per heavy atom. The first-order chi connectivity index (χ1) is 9.63. The topological polar surface area (TPSA) is 79.5 Å². The van der Waals surface area contributed by atoms with E-state index in [1.54, 1.807) is 12.1 Å². The number of carbonyl (C=O) groups is 1. The van der Waals surface area contributed by atoms with Crippen LogP contribution in [0.5, 0.6) is 0 Å². The maximum Gasteiger partial charge on any atom is 0.372 e. The van der Waals surface area contributed by atoms with E-state index in [9.17, 15) is 14.1 Å². The number of hydrogen-bond acceptors (Lipinski definition) is 4. The summed E-state index contributed by atoms with van der Waals surface area (Å²) in [6.07, 6.45) is 0. The number of carboxylic acids is 1. The highest BCUT2D eigenvalue weighted by atomic mass is 32.2. The van der Waals surface area contributed by atoms with Crippen LogP contribution in [0, 0.1) is 0 Å². The molecular formula is C14H17NO4S. The zero-order valence-electron chi connectivity index (χ0n) is 11.2. The highest BCUT2D eigenvalue weighted by Gasteiger charge is 2.19. The van der Waals surface area contributed by atoms with Crippen molar-refractivity contribution in [2.45, 2.75) is 13.5 Å². The quantitative estimate of drug-likeness (QED) is 0.764. The van der Waals surface area contributed by atoms with Gasteiger partial charge in [0.1, 0.15) is 5.58 Å². The number of rotatable bonds is 7. The molecule has 0 aliphatic heterocycles. The van der Waals surface area contributed by atoms with Crippen LogP contribution in [-0.4, -0.2) is 33.3 Å². The predicted octanol–water partition coefficient (Wildman–Crippen LogP) is 1.99. The molecule has 0 aliphatic carbocycles. The highest BCUT2D eigenvalue weighted by molar-refractivity contribution is 7.84. The molecule has 0 radical (unpaired) electrons. The van der Waals surface area contributed by atoms with Crippen molar-refractivity contribution in [1.29, 1.82) is 0 Å². The van der Waals surface area contributed by atoms with E-state index in [0.29, 0.717) is 35.7 Å². The summed E-state index contributed by atoms with van der Waals surface area (Å²) < 4.78 is 16.7. The lowest BCUT2D eigenvalue weighted by molar-refractivity contribution is 0.0663. The van der Waals surface area contributed by atoms with Gasteiger partial charge in [-0.05, 0) is 6.07 Å². The number of fused-ring (bicyclic) bond motifs is 1. The van der Waals surface area contributed by atoms with Gasteiger partial charge < -0.3 is 14.8 Å². The summed E-state index contributed by atoms with van der Waals surface area (Å²) in [6, 6.07) is 7.24. The standard InChI is InChI=1S/C14H17NO4S/c1-2-20(18)8-7-15-9-11-10-5-3-4-6-12(10)19-13(11)14(16)17/h3-6,15H,2,7-9H2,1H3,(H,16,17). The molecule has 2 N–H and O–H groups in total. The van der Waals surface area contributed by atoms with Crippen molar-refractivity contribution in [2.24, 2.45) is 0 Å². The van der Waals surface area contributed by atoms with Crippen LogP contribution in [0.1, 0.15) is 23.0 Å². The zero-order valence-corrected chi connectivity index (χ0v) is 12.0. The summed E-state index contributed by atoms with van der Waals surface area (Å²) in [5.41, 5.74) is 1.20. The minimum Gasteiger partial charge on any atom is -0.475 e. The Hall–Kier alpha value is -1.66. The summed E-state index contributed by atoms with van der Waals surface area (Å²) in [5.74, 6) is 0.0937. The summed E-state index contributed by atoms with van der Waals surface area (Å²) in [7, 11) is -0.819. The third-order valence-electron chi connectivity index (χ3n) is 3.02. The van der Waals surface area contributed by atoms with Crippen molar-refractivity contribution in [3.05, 3.63) is 35.6 Å². The molecule has 2 rings (SSSR count). The molecule has 0 aliphatic rings. The van der Waals surface area contributed by atoms with Crippen LogP contribution in [0.4, 0.5) is 0 Å². The molecule has 1 unspecified atom stereocenters.